The van der Waals surface area contributed by atoms with Gasteiger partial charge in [-0.2, -0.15) is 0 Å². The molecule has 2 aromatic heterocycles. The lowest BCUT2D eigenvalue weighted by Crippen LogP contribution is -2.03. The van der Waals surface area contributed by atoms with Crippen LogP contribution in [0.1, 0.15) is 16.8 Å². The molecule has 0 atom stereocenters. The third-order valence-electron chi connectivity index (χ3n) is 3.41. The van der Waals surface area contributed by atoms with Gasteiger partial charge >= 0.3 is 0 Å². The second kappa shape index (κ2) is 5.46. The van der Waals surface area contributed by atoms with E-state index < -0.39 is 0 Å². The fraction of sp³-hybridized carbons (Fsp3) is 0.188. The van der Waals surface area contributed by atoms with Crippen molar-refractivity contribution in [3.8, 4) is 16.9 Å². The van der Waals surface area contributed by atoms with Gasteiger partial charge in [-0.3, -0.25) is 4.98 Å². The first-order valence-electron chi connectivity index (χ1n) is 6.74. The van der Waals surface area contributed by atoms with Crippen LogP contribution in [0.15, 0.2) is 42.7 Å². The van der Waals surface area contributed by atoms with Gasteiger partial charge in [0.05, 0.1) is 12.3 Å². The van der Waals surface area contributed by atoms with Crippen molar-refractivity contribution in [2.24, 2.45) is 0 Å². The fourth-order valence-corrected chi connectivity index (χ4v) is 2.42. The highest BCUT2D eigenvalue weighted by Crippen LogP contribution is 2.26. The van der Waals surface area contributed by atoms with E-state index in [1.807, 2.05) is 31.2 Å². The van der Waals surface area contributed by atoms with Crippen LogP contribution in [0.5, 0.6) is 0 Å². The number of hydrogen-bond donors (Lipinski definition) is 1. The maximum Gasteiger partial charge on any atom is 0.117 e. The fourth-order valence-electron chi connectivity index (χ4n) is 2.42. The Hall–Kier alpha value is -2.53. The quantitative estimate of drug-likeness (QED) is 0.800. The average molecular weight is 280 g/mol. The van der Waals surface area contributed by atoms with E-state index in [9.17, 15) is 5.11 Å². The molecule has 106 valence electrons. The highest BCUT2D eigenvalue weighted by atomic mass is 16.3. The van der Waals surface area contributed by atoms with Crippen LogP contribution in [0.25, 0.3) is 16.9 Å². The molecule has 2 heterocycles. The number of aliphatic hydroxyl groups is 1. The van der Waals surface area contributed by atoms with Gasteiger partial charge in [-0.15, -0.1) is 5.10 Å². The molecule has 3 aromatic rings. The van der Waals surface area contributed by atoms with Crippen LogP contribution < -0.4 is 0 Å². The molecule has 21 heavy (non-hydrogen) atoms. The van der Waals surface area contributed by atoms with Gasteiger partial charge in [-0.25, -0.2) is 4.68 Å². The molecule has 5 nitrogen and oxygen atoms in total. The lowest BCUT2D eigenvalue weighted by molar-refractivity contribution is 0.277. The van der Waals surface area contributed by atoms with Crippen LogP contribution in [0.3, 0.4) is 0 Å². The average Bonchev–Trinajstić information content (AvgIpc) is 2.92. The summed E-state index contributed by atoms with van der Waals surface area (Å²) in [6.07, 6.45) is 3.46. The highest BCUT2D eigenvalue weighted by molar-refractivity contribution is 5.64. The van der Waals surface area contributed by atoms with E-state index in [-0.39, 0.29) is 6.61 Å². The van der Waals surface area contributed by atoms with Gasteiger partial charge in [0.1, 0.15) is 11.4 Å². The summed E-state index contributed by atoms with van der Waals surface area (Å²) in [6.45, 7) is 3.93. The molecule has 0 bridgehead atoms. The zero-order valence-corrected chi connectivity index (χ0v) is 12.0. The van der Waals surface area contributed by atoms with E-state index in [2.05, 4.69) is 28.3 Å². The van der Waals surface area contributed by atoms with Gasteiger partial charge < -0.3 is 5.11 Å². The summed E-state index contributed by atoms with van der Waals surface area (Å²) in [7, 11) is 0. The van der Waals surface area contributed by atoms with Crippen LogP contribution in [0, 0.1) is 13.8 Å². The Kier molecular flexibility index (Phi) is 3.50. The Morgan fingerprint density at radius 3 is 2.71 bits per heavy atom. The van der Waals surface area contributed by atoms with Gasteiger partial charge in [-0.05, 0) is 37.6 Å². The predicted octanol–water partition coefficient (Wildman–Crippen LogP) is 2.44. The maximum atomic E-state index is 9.52. The molecular weight excluding hydrogens is 264 g/mol. The summed E-state index contributed by atoms with van der Waals surface area (Å²) in [6, 6.07) is 9.94. The minimum atomic E-state index is -0.158. The smallest absolute Gasteiger partial charge is 0.117 e. The number of aliphatic hydroxyl groups excluding tert-OH is 1. The second-order valence-electron chi connectivity index (χ2n) is 4.99. The van der Waals surface area contributed by atoms with Gasteiger partial charge in [0.25, 0.3) is 0 Å². The number of benzene rings is 1. The topological polar surface area (TPSA) is 63.8 Å². The summed E-state index contributed by atoms with van der Waals surface area (Å²) in [5, 5.41) is 17.8. The number of pyridine rings is 1. The van der Waals surface area contributed by atoms with E-state index in [0.29, 0.717) is 5.69 Å². The van der Waals surface area contributed by atoms with E-state index in [4.69, 9.17) is 0 Å². The summed E-state index contributed by atoms with van der Waals surface area (Å²) in [5.74, 6) is 0. The Morgan fingerprint density at radius 1 is 1.19 bits per heavy atom. The summed E-state index contributed by atoms with van der Waals surface area (Å²) in [4.78, 5) is 4.14. The van der Waals surface area contributed by atoms with E-state index in [1.165, 1.54) is 5.56 Å². The zero-order valence-electron chi connectivity index (χ0n) is 12.0. The molecule has 1 aromatic carbocycles. The second-order valence-corrected chi connectivity index (χ2v) is 4.99. The first-order chi connectivity index (χ1) is 10.2. The molecule has 0 fully saturated rings. The Labute approximate surface area is 122 Å². The number of rotatable bonds is 3. The van der Waals surface area contributed by atoms with E-state index in [0.717, 1.165) is 22.5 Å². The minimum absolute atomic E-state index is 0.158. The standard InChI is InChI=1S/C16H16N4O/c1-11-5-6-15(12(2)8-11)20-16(14(10-21)18-19-20)13-4-3-7-17-9-13/h3-9,21H,10H2,1-2H3. The Bertz CT molecular complexity index is 765. The van der Waals surface area contributed by atoms with Crippen LogP contribution in [0.4, 0.5) is 0 Å². The van der Waals surface area contributed by atoms with Crippen LogP contribution in [-0.4, -0.2) is 25.1 Å². The SMILES string of the molecule is Cc1ccc(-n2nnc(CO)c2-c2cccnc2)c(C)c1. The predicted molar refractivity (Wildman–Crippen MR) is 80.0 cm³/mol. The van der Waals surface area contributed by atoms with Crippen molar-refractivity contribution >= 4 is 0 Å². The van der Waals surface area contributed by atoms with Crippen molar-refractivity contribution < 1.29 is 5.11 Å². The zero-order chi connectivity index (χ0) is 14.8. The minimum Gasteiger partial charge on any atom is -0.390 e. The van der Waals surface area contributed by atoms with Gasteiger partial charge in [0.15, 0.2) is 0 Å². The summed E-state index contributed by atoms with van der Waals surface area (Å²) < 4.78 is 1.76. The third kappa shape index (κ3) is 2.43. The molecule has 0 aliphatic heterocycles. The Balaban J connectivity index is 2.22. The normalized spacial score (nSPS) is 10.8. The first kappa shape index (κ1) is 13.5. The largest absolute Gasteiger partial charge is 0.390 e. The summed E-state index contributed by atoms with van der Waals surface area (Å²) in [5.41, 5.74) is 5.45. The number of aromatic nitrogens is 4. The van der Waals surface area contributed by atoms with Crippen molar-refractivity contribution in [3.05, 3.63) is 59.5 Å². The first-order valence-corrected chi connectivity index (χ1v) is 6.74. The molecule has 1 N–H and O–H groups in total. The molecule has 0 spiro atoms. The summed E-state index contributed by atoms with van der Waals surface area (Å²) >= 11 is 0. The molecule has 0 saturated heterocycles. The van der Waals surface area contributed by atoms with Gasteiger partial charge in [0, 0.05) is 18.0 Å². The highest BCUT2D eigenvalue weighted by Gasteiger charge is 2.16. The molecule has 5 heteroatoms. The molecule has 0 unspecified atom stereocenters. The van der Waals surface area contributed by atoms with Crippen molar-refractivity contribution in [1.82, 2.24) is 20.0 Å². The van der Waals surface area contributed by atoms with Gasteiger partial charge in [-0.1, -0.05) is 22.9 Å². The van der Waals surface area contributed by atoms with Crippen molar-refractivity contribution in [2.45, 2.75) is 20.5 Å². The molecule has 0 amide bonds. The lowest BCUT2D eigenvalue weighted by Gasteiger charge is -2.10. The number of nitrogens with zero attached hydrogens (tertiary/aromatic N) is 4. The van der Waals surface area contributed by atoms with Crippen LogP contribution in [-0.2, 0) is 6.61 Å². The van der Waals surface area contributed by atoms with E-state index >= 15 is 0 Å². The lowest BCUT2D eigenvalue weighted by atomic mass is 10.1. The number of aryl methyl sites for hydroxylation is 2. The molecule has 0 saturated carbocycles. The van der Waals surface area contributed by atoms with Crippen LogP contribution >= 0.6 is 0 Å². The number of hydrogen-bond acceptors (Lipinski definition) is 4. The van der Waals surface area contributed by atoms with Crippen LogP contribution in [0.2, 0.25) is 0 Å². The molecule has 0 radical (unpaired) electrons. The van der Waals surface area contributed by atoms with Crippen molar-refractivity contribution in [2.75, 3.05) is 0 Å². The molecule has 0 aliphatic rings. The van der Waals surface area contributed by atoms with E-state index in [1.54, 1.807) is 17.1 Å². The Morgan fingerprint density at radius 2 is 2.05 bits per heavy atom. The molecule has 0 aliphatic carbocycles. The maximum absolute atomic E-state index is 9.52. The third-order valence-corrected chi connectivity index (χ3v) is 3.41. The van der Waals surface area contributed by atoms with Crippen molar-refractivity contribution in [1.29, 1.82) is 0 Å². The van der Waals surface area contributed by atoms with Crippen molar-refractivity contribution in [3.63, 3.8) is 0 Å². The molecular formula is C16H16N4O. The van der Waals surface area contributed by atoms with Gasteiger partial charge in [0.2, 0.25) is 0 Å². The molecule has 3 rings (SSSR count). The monoisotopic (exact) mass is 280 g/mol.